The number of amides is 3. The van der Waals surface area contributed by atoms with Gasteiger partial charge in [0, 0.05) is 32.1 Å². The minimum atomic E-state index is -0.408. The molecule has 1 fully saturated rings. The van der Waals surface area contributed by atoms with E-state index in [0.717, 1.165) is 5.56 Å². The zero-order chi connectivity index (χ0) is 19.2. The molecule has 2 aromatic heterocycles. The Labute approximate surface area is 156 Å². The van der Waals surface area contributed by atoms with E-state index in [2.05, 4.69) is 15.6 Å². The molecule has 1 aliphatic heterocycles. The van der Waals surface area contributed by atoms with Crippen LogP contribution >= 0.6 is 0 Å². The van der Waals surface area contributed by atoms with Gasteiger partial charge in [0.2, 0.25) is 17.7 Å². The van der Waals surface area contributed by atoms with Crippen molar-refractivity contribution in [2.45, 2.75) is 26.3 Å². The highest BCUT2D eigenvalue weighted by Crippen LogP contribution is 2.20. The molecule has 1 aliphatic rings. The average Bonchev–Trinajstić information content (AvgIpc) is 3.27. The van der Waals surface area contributed by atoms with Crippen LogP contribution in [-0.4, -0.2) is 40.7 Å². The first kappa shape index (κ1) is 18.6. The Morgan fingerprint density at radius 3 is 2.89 bits per heavy atom. The van der Waals surface area contributed by atoms with E-state index < -0.39 is 5.92 Å². The topological polar surface area (TPSA) is 105 Å². The van der Waals surface area contributed by atoms with Gasteiger partial charge >= 0.3 is 0 Å². The van der Waals surface area contributed by atoms with Crippen molar-refractivity contribution in [2.75, 3.05) is 18.4 Å². The van der Waals surface area contributed by atoms with Gasteiger partial charge in [-0.25, -0.2) is 4.98 Å². The van der Waals surface area contributed by atoms with Gasteiger partial charge in [-0.3, -0.25) is 14.4 Å². The maximum absolute atomic E-state index is 12.3. The second-order valence-corrected chi connectivity index (χ2v) is 6.56. The maximum Gasteiger partial charge on any atom is 0.227 e. The number of hydrogen-bond acceptors (Lipinski definition) is 5. The highest BCUT2D eigenvalue weighted by atomic mass is 16.3. The van der Waals surface area contributed by atoms with Gasteiger partial charge in [0.25, 0.3) is 0 Å². The lowest BCUT2D eigenvalue weighted by atomic mass is 10.1. The molecule has 0 radical (unpaired) electrons. The first-order valence-electron chi connectivity index (χ1n) is 8.81. The van der Waals surface area contributed by atoms with E-state index in [-0.39, 0.29) is 37.1 Å². The highest BCUT2D eigenvalue weighted by Gasteiger charge is 2.34. The van der Waals surface area contributed by atoms with E-state index in [1.165, 1.54) is 0 Å². The second kappa shape index (κ2) is 8.48. The molecular weight excluding hydrogens is 348 g/mol. The van der Waals surface area contributed by atoms with E-state index in [1.807, 2.05) is 13.0 Å². The van der Waals surface area contributed by atoms with Crippen LogP contribution < -0.4 is 10.6 Å². The lowest BCUT2D eigenvalue weighted by Gasteiger charge is -2.15. The molecule has 27 heavy (non-hydrogen) atoms. The lowest BCUT2D eigenvalue weighted by Crippen LogP contribution is -2.34. The number of carbonyl (C=O) groups excluding carboxylic acids is 3. The molecule has 0 spiro atoms. The Balaban J connectivity index is 1.39. The van der Waals surface area contributed by atoms with Gasteiger partial charge in [-0.1, -0.05) is 6.07 Å². The smallest absolute Gasteiger partial charge is 0.227 e. The number of aryl methyl sites for hydroxylation is 1. The molecule has 0 saturated carbocycles. The lowest BCUT2D eigenvalue weighted by molar-refractivity contribution is -0.129. The van der Waals surface area contributed by atoms with Crippen LogP contribution in [0.5, 0.6) is 0 Å². The Kier molecular flexibility index (Phi) is 5.85. The van der Waals surface area contributed by atoms with Crippen LogP contribution in [0.4, 0.5) is 5.82 Å². The fraction of sp³-hybridized carbons (Fsp3) is 0.368. The molecule has 0 unspecified atom stereocenters. The zero-order valence-electron chi connectivity index (χ0n) is 15.1. The molecule has 3 heterocycles. The first-order valence-corrected chi connectivity index (χ1v) is 8.81. The monoisotopic (exact) mass is 370 g/mol. The van der Waals surface area contributed by atoms with Gasteiger partial charge in [-0.2, -0.15) is 0 Å². The number of likely N-dealkylation sites (tertiary alicyclic amines) is 1. The Hall–Kier alpha value is -3.16. The normalized spacial score (nSPS) is 16.4. The third-order valence-corrected chi connectivity index (χ3v) is 4.34. The number of rotatable bonds is 7. The number of aromatic nitrogens is 1. The number of hydrogen-bond donors (Lipinski definition) is 2. The van der Waals surface area contributed by atoms with E-state index in [4.69, 9.17) is 4.42 Å². The number of furan rings is 1. The molecule has 142 valence electrons. The first-order chi connectivity index (χ1) is 13.0. The van der Waals surface area contributed by atoms with Crippen molar-refractivity contribution in [2.24, 2.45) is 5.92 Å². The number of nitrogens with zero attached hydrogens (tertiary/aromatic N) is 2. The Morgan fingerprint density at radius 2 is 2.19 bits per heavy atom. The molecule has 3 rings (SSSR count). The van der Waals surface area contributed by atoms with Crippen molar-refractivity contribution in [3.8, 4) is 0 Å². The van der Waals surface area contributed by atoms with E-state index in [9.17, 15) is 14.4 Å². The summed E-state index contributed by atoms with van der Waals surface area (Å²) in [6.07, 6.45) is 3.53. The molecule has 0 aliphatic carbocycles. The molecule has 1 atom stereocenters. The van der Waals surface area contributed by atoms with E-state index in [1.54, 1.807) is 35.6 Å². The summed E-state index contributed by atoms with van der Waals surface area (Å²) in [5, 5.41) is 5.41. The minimum Gasteiger partial charge on any atom is -0.467 e. The largest absolute Gasteiger partial charge is 0.467 e. The van der Waals surface area contributed by atoms with Crippen LogP contribution in [-0.2, 0) is 20.9 Å². The molecule has 0 bridgehead atoms. The number of carbonyl (C=O) groups is 3. The van der Waals surface area contributed by atoms with Crippen molar-refractivity contribution in [1.82, 2.24) is 15.2 Å². The predicted octanol–water partition coefficient (Wildman–Crippen LogP) is 1.48. The molecule has 1 saturated heterocycles. The summed E-state index contributed by atoms with van der Waals surface area (Å²) >= 11 is 0. The summed E-state index contributed by atoms with van der Waals surface area (Å²) in [6, 6.07) is 7.14. The molecule has 0 aromatic carbocycles. The van der Waals surface area contributed by atoms with Crippen LogP contribution in [0, 0.1) is 12.8 Å². The molecule has 3 amide bonds. The van der Waals surface area contributed by atoms with Gasteiger partial charge in [0.05, 0.1) is 18.7 Å². The zero-order valence-corrected chi connectivity index (χ0v) is 15.1. The standard InChI is InChI=1S/C19H22N4O4/c1-13-4-5-16(21-10-13)22-17(24)6-7-20-19(26)14-9-18(25)23(11-14)12-15-3-2-8-27-15/h2-5,8,10,14H,6-7,9,11-12H2,1H3,(H,20,26)(H,21,22,24)/t14-/m1/s1. The average molecular weight is 370 g/mol. The van der Waals surface area contributed by atoms with Gasteiger partial charge in [0.1, 0.15) is 11.6 Å². The summed E-state index contributed by atoms with van der Waals surface area (Å²) in [6.45, 7) is 2.84. The fourth-order valence-electron chi connectivity index (χ4n) is 2.88. The Morgan fingerprint density at radius 1 is 1.33 bits per heavy atom. The van der Waals surface area contributed by atoms with Crippen LogP contribution in [0.1, 0.15) is 24.2 Å². The Bertz CT molecular complexity index is 802. The van der Waals surface area contributed by atoms with Crippen LogP contribution in [0.3, 0.4) is 0 Å². The van der Waals surface area contributed by atoms with Crippen LogP contribution in [0.2, 0.25) is 0 Å². The van der Waals surface area contributed by atoms with Gasteiger partial charge in [-0.15, -0.1) is 0 Å². The van der Waals surface area contributed by atoms with Gasteiger partial charge in [-0.05, 0) is 30.7 Å². The summed E-state index contributed by atoms with van der Waals surface area (Å²) < 4.78 is 5.24. The number of pyridine rings is 1. The maximum atomic E-state index is 12.3. The number of anilines is 1. The third kappa shape index (κ3) is 5.16. The summed E-state index contributed by atoms with van der Waals surface area (Å²) in [5.74, 6) is 0.238. The van der Waals surface area contributed by atoms with Crippen molar-refractivity contribution < 1.29 is 18.8 Å². The van der Waals surface area contributed by atoms with Gasteiger partial charge in [0.15, 0.2) is 0 Å². The second-order valence-electron chi connectivity index (χ2n) is 6.56. The van der Waals surface area contributed by atoms with Crippen molar-refractivity contribution >= 4 is 23.5 Å². The molecule has 8 heteroatoms. The van der Waals surface area contributed by atoms with Crippen LogP contribution in [0.15, 0.2) is 41.1 Å². The van der Waals surface area contributed by atoms with Crippen molar-refractivity contribution in [3.05, 3.63) is 48.0 Å². The molecular formula is C19H22N4O4. The highest BCUT2D eigenvalue weighted by molar-refractivity contribution is 5.91. The minimum absolute atomic E-state index is 0.0743. The number of nitrogens with one attached hydrogen (secondary N) is 2. The molecule has 8 nitrogen and oxygen atoms in total. The van der Waals surface area contributed by atoms with Crippen LogP contribution in [0.25, 0.3) is 0 Å². The SMILES string of the molecule is Cc1ccc(NC(=O)CCNC(=O)[C@@H]2CC(=O)N(Cc3ccco3)C2)nc1. The van der Waals surface area contributed by atoms with Crippen molar-refractivity contribution in [3.63, 3.8) is 0 Å². The summed E-state index contributed by atoms with van der Waals surface area (Å²) in [7, 11) is 0. The summed E-state index contributed by atoms with van der Waals surface area (Å²) in [5.41, 5.74) is 1.01. The third-order valence-electron chi connectivity index (χ3n) is 4.34. The quantitative estimate of drug-likeness (QED) is 0.768. The molecule has 2 aromatic rings. The fourth-order valence-corrected chi connectivity index (χ4v) is 2.88. The van der Waals surface area contributed by atoms with E-state index >= 15 is 0 Å². The van der Waals surface area contributed by atoms with Crippen molar-refractivity contribution in [1.29, 1.82) is 0 Å². The predicted molar refractivity (Wildman–Crippen MR) is 97.5 cm³/mol. The summed E-state index contributed by atoms with van der Waals surface area (Å²) in [4.78, 5) is 41.9. The van der Waals surface area contributed by atoms with Gasteiger partial charge < -0.3 is 20.0 Å². The molecule has 2 N–H and O–H groups in total. The van der Waals surface area contributed by atoms with E-state index in [0.29, 0.717) is 24.7 Å².